The summed E-state index contributed by atoms with van der Waals surface area (Å²) >= 11 is 0. The van der Waals surface area contributed by atoms with Crippen LogP contribution in [0.2, 0.25) is 0 Å². The molecule has 2 aromatic carbocycles. The number of likely N-dealkylation sites (tertiary alicyclic amines) is 1. The molecule has 4 nitrogen and oxygen atoms in total. The number of benzene rings is 2. The minimum absolute atomic E-state index is 0.253. The van der Waals surface area contributed by atoms with Gasteiger partial charge in [-0.2, -0.15) is 0 Å². The molecule has 0 aromatic heterocycles. The van der Waals surface area contributed by atoms with Crippen molar-refractivity contribution >= 4 is 0 Å². The summed E-state index contributed by atoms with van der Waals surface area (Å²) in [5, 5.41) is 10.4. The molecule has 134 valence electrons. The molecule has 3 rings (SSSR count). The zero-order chi connectivity index (χ0) is 17.6. The zero-order valence-electron chi connectivity index (χ0n) is 15.1. The zero-order valence-corrected chi connectivity index (χ0v) is 15.1. The minimum Gasteiger partial charge on any atom is -0.504 e. The van der Waals surface area contributed by atoms with Crippen molar-refractivity contribution in [3.05, 3.63) is 53.6 Å². The molecule has 0 amide bonds. The summed E-state index contributed by atoms with van der Waals surface area (Å²) < 4.78 is 10.5. The minimum atomic E-state index is 0.253. The van der Waals surface area contributed by atoms with Crippen molar-refractivity contribution in [3.8, 4) is 17.2 Å². The number of ether oxygens (including phenoxy) is 2. The van der Waals surface area contributed by atoms with E-state index in [0.29, 0.717) is 11.8 Å². The van der Waals surface area contributed by atoms with Crippen LogP contribution in [0.5, 0.6) is 17.2 Å². The van der Waals surface area contributed by atoms with Crippen LogP contribution in [0.25, 0.3) is 0 Å². The highest BCUT2D eigenvalue weighted by Gasteiger charge is 2.24. The van der Waals surface area contributed by atoms with E-state index >= 15 is 0 Å². The van der Waals surface area contributed by atoms with Crippen LogP contribution in [0, 0.1) is 0 Å². The monoisotopic (exact) mass is 341 g/mol. The van der Waals surface area contributed by atoms with Crippen LogP contribution in [0.15, 0.2) is 42.5 Å². The lowest BCUT2D eigenvalue weighted by molar-refractivity contribution is 0.190. The number of rotatable bonds is 5. The number of phenols is 1. The second-order valence-electron chi connectivity index (χ2n) is 6.58. The third kappa shape index (κ3) is 4.07. The summed E-state index contributed by atoms with van der Waals surface area (Å²) in [6.45, 7) is 1.76. The first-order valence-electron chi connectivity index (χ1n) is 8.95. The van der Waals surface area contributed by atoms with Crippen molar-refractivity contribution in [1.82, 2.24) is 4.90 Å². The van der Waals surface area contributed by atoms with Gasteiger partial charge in [0.1, 0.15) is 5.75 Å². The Hall–Kier alpha value is -2.20. The Morgan fingerprint density at radius 2 is 1.80 bits per heavy atom. The molecule has 0 unspecified atom stereocenters. The molecule has 0 saturated carbocycles. The Labute approximate surface area is 150 Å². The molecule has 0 bridgehead atoms. The van der Waals surface area contributed by atoms with Gasteiger partial charge in [-0.1, -0.05) is 37.1 Å². The Kier molecular flexibility index (Phi) is 5.82. The van der Waals surface area contributed by atoms with Crippen molar-refractivity contribution in [2.75, 3.05) is 20.8 Å². The van der Waals surface area contributed by atoms with E-state index in [4.69, 9.17) is 9.47 Å². The molecule has 1 saturated heterocycles. The molecule has 1 aliphatic heterocycles. The van der Waals surface area contributed by atoms with E-state index in [1.165, 1.54) is 24.8 Å². The predicted molar refractivity (Wildman–Crippen MR) is 99.3 cm³/mol. The maximum absolute atomic E-state index is 10.4. The van der Waals surface area contributed by atoms with E-state index in [1.807, 2.05) is 24.3 Å². The summed E-state index contributed by atoms with van der Waals surface area (Å²) in [4.78, 5) is 2.48. The first-order valence-corrected chi connectivity index (χ1v) is 8.95. The van der Waals surface area contributed by atoms with Gasteiger partial charge in [-0.05, 0) is 43.1 Å². The number of hydrogen-bond donors (Lipinski definition) is 1. The molecule has 1 atom stereocenters. The topological polar surface area (TPSA) is 41.9 Å². The van der Waals surface area contributed by atoms with Gasteiger partial charge in [0.2, 0.25) is 0 Å². The summed E-state index contributed by atoms with van der Waals surface area (Å²) in [5.41, 5.74) is 2.23. The van der Waals surface area contributed by atoms with Crippen LogP contribution in [-0.2, 0) is 6.54 Å². The second-order valence-corrected chi connectivity index (χ2v) is 6.58. The van der Waals surface area contributed by atoms with E-state index in [9.17, 15) is 5.11 Å². The Balaban J connectivity index is 1.85. The summed E-state index contributed by atoms with van der Waals surface area (Å²) in [5.74, 6) is 1.67. The van der Waals surface area contributed by atoms with Crippen LogP contribution in [0.4, 0.5) is 0 Å². The number of para-hydroxylation sites is 1. The van der Waals surface area contributed by atoms with Crippen LogP contribution in [-0.4, -0.2) is 30.8 Å². The normalized spacial score (nSPS) is 18.6. The van der Waals surface area contributed by atoms with Gasteiger partial charge in [0.25, 0.3) is 0 Å². The van der Waals surface area contributed by atoms with Crippen LogP contribution in [0.3, 0.4) is 0 Å². The van der Waals surface area contributed by atoms with Gasteiger partial charge in [0.05, 0.1) is 14.2 Å². The molecule has 4 heteroatoms. The molecule has 1 heterocycles. The Morgan fingerprint density at radius 3 is 2.52 bits per heavy atom. The van der Waals surface area contributed by atoms with Gasteiger partial charge in [0, 0.05) is 18.2 Å². The smallest absolute Gasteiger partial charge is 0.162 e. The molecule has 1 N–H and O–H groups in total. The van der Waals surface area contributed by atoms with E-state index in [1.54, 1.807) is 20.3 Å². The van der Waals surface area contributed by atoms with Gasteiger partial charge in [-0.15, -0.1) is 0 Å². The van der Waals surface area contributed by atoms with Crippen molar-refractivity contribution in [2.45, 2.75) is 38.3 Å². The molecular weight excluding hydrogens is 314 g/mol. The van der Waals surface area contributed by atoms with Crippen LogP contribution in [0.1, 0.15) is 42.9 Å². The van der Waals surface area contributed by atoms with E-state index in [0.717, 1.165) is 30.8 Å². The molecule has 0 aliphatic carbocycles. The summed E-state index contributed by atoms with van der Waals surface area (Å²) in [7, 11) is 3.28. The van der Waals surface area contributed by atoms with Gasteiger partial charge >= 0.3 is 0 Å². The molecule has 0 radical (unpaired) electrons. The van der Waals surface area contributed by atoms with E-state index < -0.39 is 0 Å². The fraction of sp³-hybridized carbons (Fsp3) is 0.429. The number of nitrogens with zero attached hydrogens (tertiary/aromatic N) is 1. The molecule has 25 heavy (non-hydrogen) atoms. The third-order valence-corrected chi connectivity index (χ3v) is 5.04. The second kappa shape index (κ2) is 8.26. The van der Waals surface area contributed by atoms with Crippen molar-refractivity contribution in [1.29, 1.82) is 0 Å². The highest BCUT2D eigenvalue weighted by Crippen LogP contribution is 2.35. The highest BCUT2D eigenvalue weighted by atomic mass is 16.5. The first kappa shape index (κ1) is 17.6. The fourth-order valence-electron chi connectivity index (χ4n) is 3.64. The average Bonchev–Trinajstić information content (AvgIpc) is 2.89. The maximum atomic E-state index is 10.4. The van der Waals surface area contributed by atoms with Gasteiger partial charge < -0.3 is 14.6 Å². The van der Waals surface area contributed by atoms with Crippen molar-refractivity contribution in [3.63, 3.8) is 0 Å². The fourth-order valence-corrected chi connectivity index (χ4v) is 3.64. The molecule has 0 spiro atoms. The van der Waals surface area contributed by atoms with E-state index in [2.05, 4.69) is 17.0 Å². The lowest BCUT2D eigenvalue weighted by atomic mass is 10.00. The lowest BCUT2D eigenvalue weighted by Gasteiger charge is -2.31. The molecular formula is C21H27NO3. The molecule has 2 aromatic rings. The first-order chi connectivity index (χ1) is 12.2. The Bertz CT molecular complexity index is 684. The lowest BCUT2D eigenvalue weighted by Crippen LogP contribution is -2.28. The largest absolute Gasteiger partial charge is 0.504 e. The molecule has 1 aliphatic rings. The van der Waals surface area contributed by atoms with Crippen LogP contribution >= 0.6 is 0 Å². The van der Waals surface area contributed by atoms with Crippen molar-refractivity contribution in [2.24, 2.45) is 0 Å². The summed E-state index contributed by atoms with van der Waals surface area (Å²) in [6, 6.07) is 14.5. The Morgan fingerprint density at radius 1 is 1.00 bits per heavy atom. The standard InChI is InChI=1S/C21H27NO3/c1-24-18-12-10-16(11-13-18)19-8-4-3-5-14-22(19)15-17-7-6-9-20(25-2)21(17)23/h6-7,9-13,19,23H,3-5,8,14-15H2,1-2H3/t19-/m1/s1. The number of phenolic OH excluding ortho intramolecular Hbond substituents is 1. The summed E-state index contributed by atoms with van der Waals surface area (Å²) in [6.07, 6.45) is 4.82. The van der Waals surface area contributed by atoms with Gasteiger partial charge in [-0.3, -0.25) is 4.90 Å². The van der Waals surface area contributed by atoms with Crippen LogP contribution < -0.4 is 9.47 Å². The van der Waals surface area contributed by atoms with Gasteiger partial charge in [-0.25, -0.2) is 0 Å². The predicted octanol–water partition coefficient (Wildman–Crippen LogP) is 4.53. The molecule has 1 fully saturated rings. The van der Waals surface area contributed by atoms with Crippen molar-refractivity contribution < 1.29 is 14.6 Å². The number of aromatic hydroxyl groups is 1. The average molecular weight is 341 g/mol. The van der Waals surface area contributed by atoms with Gasteiger partial charge in [0.15, 0.2) is 11.5 Å². The SMILES string of the molecule is COc1ccc([C@H]2CCCCCN2Cc2cccc(OC)c2O)cc1. The number of hydrogen-bond acceptors (Lipinski definition) is 4. The maximum Gasteiger partial charge on any atom is 0.162 e. The third-order valence-electron chi connectivity index (χ3n) is 5.04. The highest BCUT2D eigenvalue weighted by molar-refractivity contribution is 5.45. The quantitative estimate of drug-likeness (QED) is 0.868. The number of methoxy groups -OCH3 is 2. The van der Waals surface area contributed by atoms with E-state index in [-0.39, 0.29) is 5.75 Å².